The van der Waals surface area contributed by atoms with Crippen LogP contribution in [0.4, 0.5) is 19.7 Å². The standard InChI is InChI=1S/C35H33F2N7O3S/c1-2-26(45)43-13-7-24-25(43)16-44(24)32-22-15-21(19-8-14-46-17-19)27(20-5-6-23(36)31-30(20)39-33(38)48-31)28(37)29(22)40-34(41-32)47-18-35-9-3-11-42(35)12-4-10-35/h2,5-6,8,14-15,17,24-25H,1,3-4,7,9-13,16,18H2,(H2,38,39)/t24?,25-/m1/s1. The van der Waals surface area contributed by atoms with E-state index in [1.165, 1.54) is 24.5 Å². The lowest BCUT2D eigenvalue weighted by Gasteiger charge is -2.47. The van der Waals surface area contributed by atoms with Crippen molar-refractivity contribution in [2.45, 2.75) is 49.7 Å². The van der Waals surface area contributed by atoms with Gasteiger partial charge >= 0.3 is 6.01 Å². The first-order valence-corrected chi connectivity index (χ1v) is 17.2. The molecular weight excluding hydrogens is 636 g/mol. The van der Waals surface area contributed by atoms with Gasteiger partial charge in [0.1, 0.15) is 23.8 Å². The van der Waals surface area contributed by atoms with Gasteiger partial charge in [-0.05, 0) is 81.1 Å². The second kappa shape index (κ2) is 11.0. The minimum absolute atomic E-state index is 0.00779. The molecule has 7 heterocycles. The molecule has 13 heteroatoms. The highest BCUT2D eigenvalue weighted by molar-refractivity contribution is 7.22. The first-order chi connectivity index (χ1) is 23.3. The van der Waals surface area contributed by atoms with Crippen LogP contribution >= 0.6 is 11.3 Å². The number of rotatable bonds is 7. The summed E-state index contributed by atoms with van der Waals surface area (Å²) in [6.07, 6.45) is 9.48. The van der Waals surface area contributed by atoms with Gasteiger partial charge in [-0.1, -0.05) is 17.9 Å². The molecule has 4 aliphatic heterocycles. The molecule has 2 atom stereocenters. The fraction of sp³-hybridized carbons (Fsp3) is 0.371. The number of amides is 1. The SMILES string of the molecule is C=CC(=O)N1CCC2[C@H]1CN2c1nc(OCC23CCCN2CCC3)nc2c(F)c(-c3ccc(F)c4sc(N)nc34)c(-c3ccoc3)cc12. The molecule has 2 N–H and O–H groups in total. The molecule has 0 saturated carbocycles. The van der Waals surface area contributed by atoms with Crippen LogP contribution < -0.4 is 15.4 Å². The van der Waals surface area contributed by atoms with Crippen LogP contribution in [0.15, 0.2) is 53.9 Å². The minimum Gasteiger partial charge on any atom is -0.472 e. The lowest BCUT2D eigenvalue weighted by molar-refractivity contribution is -0.127. The van der Waals surface area contributed by atoms with E-state index in [9.17, 15) is 9.18 Å². The number of likely N-dealkylation sites (tertiary alicyclic amines) is 1. The summed E-state index contributed by atoms with van der Waals surface area (Å²) in [6, 6.07) is 6.58. The molecule has 1 amide bonds. The largest absolute Gasteiger partial charge is 0.472 e. The van der Waals surface area contributed by atoms with E-state index in [4.69, 9.17) is 24.9 Å². The highest BCUT2D eigenvalue weighted by Crippen LogP contribution is 2.47. The van der Waals surface area contributed by atoms with E-state index < -0.39 is 11.6 Å². The number of thiazole rings is 1. The van der Waals surface area contributed by atoms with Gasteiger partial charge in [-0.2, -0.15) is 9.97 Å². The molecule has 1 unspecified atom stereocenters. The van der Waals surface area contributed by atoms with Gasteiger partial charge in [-0.15, -0.1) is 0 Å². The molecule has 0 bridgehead atoms. The van der Waals surface area contributed by atoms with Crippen molar-refractivity contribution in [3.05, 3.63) is 61.1 Å². The number of hydrogen-bond donors (Lipinski definition) is 1. The van der Waals surface area contributed by atoms with Crippen molar-refractivity contribution in [1.29, 1.82) is 0 Å². The number of nitrogens with zero attached hydrogens (tertiary/aromatic N) is 6. The average Bonchev–Trinajstić information content (AvgIpc) is 3.90. The lowest BCUT2D eigenvalue weighted by Crippen LogP contribution is -2.63. The van der Waals surface area contributed by atoms with Gasteiger partial charge in [0.2, 0.25) is 5.91 Å². The normalized spacial score (nSPS) is 21.5. The van der Waals surface area contributed by atoms with Gasteiger partial charge in [-0.25, -0.2) is 13.8 Å². The molecule has 4 fully saturated rings. The van der Waals surface area contributed by atoms with Gasteiger partial charge in [0.05, 0.1) is 40.4 Å². The Bertz CT molecular complexity index is 2110. The molecule has 5 aromatic rings. The third kappa shape index (κ3) is 4.36. The number of furan rings is 1. The van der Waals surface area contributed by atoms with E-state index in [0.29, 0.717) is 47.6 Å². The lowest BCUT2D eigenvalue weighted by atomic mass is 9.91. The quantitative estimate of drug-likeness (QED) is 0.208. The summed E-state index contributed by atoms with van der Waals surface area (Å²) in [5, 5.41) is 0.687. The number of nitrogens with two attached hydrogens (primary N) is 1. The topological polar surface area (TPSA) is 114 Å². The summed E-state index contributed by atoms with van der Waals surface area (Å²) in [5.41, 5.74) is 8.07. The van der Waals surface area contributed by atoms with Crippen LogP contribution in [0.1, 0.15) is 32.1 Å². The van der Waals surface area contributed by atoms with E-state index in [0.717, 1.165) is 56.5 Å². The van der Waals surface area contributed by atoms with Crippen molar-refractivity contribution in [3.63, 3.8) is 0 Å². The summed E-state index contributed by atoms with van der Waals surface area (Å²) >= 11 is 1.02. The highest BCUT2D eigenvalue weighted by atomic mass is 32.1. The zero-order valence-electron chi connectivity index (χ0n) is 26.1. The Hall–Kier alpha value is -4.62. The maximum atomic E-state index is 17.4. The van der Waals surface area contributed by atoms with Crippen molar-refractivity contribution in [1.82, 2.24) is 24.8 Å². The highest BCUT2D eigenvalue weighted by Gasteiger charge is 2.50. The Balaban J connectivity index is 1.23. The summed E-state index contributed by atoms with van der Waals surface area (Å²) in [6.45, 7) is 7.33. The molecule has 4 saturated heterocycles. The van der Waals surface area contributed by atoms with Gasteiger partial charge in [-0.3, -0.25) is 9.69 Å². The maximum absolute atomic E-state index is 17.4. The number of carbonyl (C=O) groups excluding carboxylic acids is 1. The Morgan fingerprint density at radius 3 is 2.71 bits per heavy atom. The van der Waals surface area contributed by atoms with Gasteiger partial charge in [0, 0.05) is 35.2 Å². The molecule has 0 spiro atoms. The van der Waals surface area contributed by atoms with Crippen LogP contribution in [-0.2, 0) is 4.79 Å². The number of nitrogen functional groups attached to an aromatic ring is 1. The van der Waals surface area contributed by atoms with Gasteiger partial charge < -0.3 is 24.7 Å². The number of anilines is 2. The second-order valence-corrected chi connectivity index (χ2v) is 14.2. The molecule has 3 aromatic heterocycles. The van der Waals surface area contributed by atoms with Gasteiger partial charge in [0.25, 0.3) is 0 Å². The van der Waals surface area contributed by atoms with Crippen molar-refractivity contribution in [2.24, 2.45) is 0 Å². The number of ether oxygens (including phenoxy) is 1. The Morgan fingerprint density at radius 2 is 1.94 bits per heavy atom. The Kier molecular flexibility index (Phi) is 6.74. The number of benzene rings is 2. The van der Waals surface area contributed by atoms with Crippen LogP contribution in [0.25, 0.3) is 43.4 Å². The molecule has 0 aliphatic carbocycles. The first-order valence-electron chi connectivity index (χ1n) is 16.3. The summed E-state index contributed by atoms with van der Waals surface area (Å²) in [5.74, 6) is -0.629. The first kappa shape index (κ1) is 29.5. The molecule has 246 valence electrons. The Morgan fingerprint density at radius 1 is 1.10 bits per heavy atom. The van der Waals surface area contributed by atoms with Crippen molar-refractivity contribution in [2.75, 3.05) is 43.4 Å². The van der Waals surface area contributed by atoms with E-state index in [2.05, 4.69) is 21.4 Å². The molecule has 48 heavy (non-hydrogen) atoms. The number of hydrogen-bond acceptors (Lipinski definition) is 10. The molecule has 2 aromatic carbocycles. The number of fused-ring (bicyclic) bond motifs is 4. The third-order valence-corrected chi connectivity index (χ3v) is 11.7. The predicted molar refractivity (Wildman–Crippen MR) is 180 cm³/mol. The van der Waals surface area contributed by atoms with E-state index in [1.54, 1.807) is 12.3 Å². The summed E-state index contributed by atoms with van der Waals surface area (Å²) in [4.78, 5) is 33.1. The van der Waals surface area contributed by atoms with Gasteiger partial charge in [0.15, 0.2) is 10.9 Å². The van der Waals surface area contributed by atoms with Crippen molar-refractivity contribution in [3.8, 4) is 28.3 Å². The third-order valence-electron chi connectivity index (χ3n) is 10.8. The fourth-order valence-corrected chi connectivity index (χ4v) is 9.26. The number of halogens is 2. The Labute approximate surface area is 278 Å². The fourth-order valence-electron chi connectivity index (χ4n) is 8.49. The van der Waals surface area contributed by atoms with Crippen molar-refractivity contribution >= 4 is 49.3 Å². The molecule has 4 aliphatic rings. The van der Waals surface area contributed by atoms with Crippen LogP contribution in [-0.4, -0.2) is 81.1 Å². The maximum Gasteiger partial charge on any atom is 0.319 e. The van der Waals surface area contributed by atoms with E-state index in [-0.39, 0.29) is 56.0 Å². The van der Waals surface area contributed by atoms with Crippen LogP contribution in [0.3, 0.4) is 0 Å². The smallest absolute Gasteiger partial charge is 0.319 e. The number of carbonyl (C=O) groups is 1. The summed E-state index contributed by atoms with van der Waals surface area (Å²) < 4.78 is 44.4. The molecular formula is C35H33F2N7O3S. The van der Waals surface area contributed by atoms with Crippen molar-refractivity contribution < 1.29 is 22.7 Å². The predicted octanol–water partition coefficient (Wildman–Crippen LogP) is 6.01. The monoisotopic (exact) mass is 669 g/mol. The summed E-state index contributed by atoms with van der Waals surface area (Å²) in [7, 11) is 0. The molecule has 9 rings (SSSR count). The molecule has 10 nitrogen and oxygen atoms in total. The van der Waals surface area contributed by atoms with Crippen LogP contribution in [0, 0.1) is 11.6 Å². The van der Waals surface area contributed by atoms with E-state index in [1.807, 2.05) is 11.0 Å². The second-order valence-electron chi connectivity index (χ2n) is 13.2. The number of aromatic nitrogens is 3. The van der Waals surface area contributed by atoms with Crippen LogP contribution in [0.2, 0.25) is 0 Å². The minimum atomic E-state index is -0.606. The molecule has 0 radical (unpaired) electrons. The average molecular weight is 670 g/mol. The zero-order valence-corrected chi connectivity index (χ0v) is 26.9. The van der Waals surface area contributed by atoms with E-state index >= 15 is 4.39 Å². The zero-order chi connectivity index (χ0) is 32.7. The van der Waals surface area contributed by atoms with Crippen LogP contribution in [0.5, 0.6) is 6.01 Å².